The molecule has 21 heavy (non-hydrogen) atoms. The van der Waals surface area contributed by atoms with Gasteiger partial charge in [0.15, 0.2) is 18.1 Å². The van der Waals surface area contributed by atoms with Gasteiger partial charge < -0.3 is 19.5 Å². The summed E-state index contributed by atoms with van der Waals surface area (Å²) in [6.07, 6.45) is 2.02. The molecule has 0 radical (unpaired) electrons. The first-order chi connectivity index (χ1) is 10.0. The molecule has 2 rings (SSSR count). The van der Waals surface area contributed by atoms with Crippen molar-refractivity contribution in [3.63, 3.8) is 0 Å². The van der Waals surface area contributed by atoms with Crippen molar-refractivity contribution in [3.05, 3.63) is 23.8 Å². The van der Waals surface area contributed by atoms with E-state index in [0.29, 0.717) is 18.0 Å². The largest absolute Gasteiger partial charge is 0.493 e. The van der Waals surface area contributed by atoms with Crippen LogP contribution in [0.3, 0.4) is 0 Å². The van der Waals surface area contributed by atoms with E-state index in [1.165, 1.54) is 0 Å². The van der Waals surface area contributed by atoms with Gasteiger partial charge in [-0.05, 0) is 44.4 Å². The molecule has 5 heteroatoms. The van der Waals surface area contributed by atoms with Gasteiger partial charge in [-0.2, -0.15) is 0 Å². The van der Waals surface area contributed by atoms with Crippen LogP contribution in [0.25, 0.3) is 0 Å². The van der Waals surface area contributed by atoms with Gasteiger partial charge in [0.25, 0.3) is 5.91 Å². The minimum absolute atomic E-state index is 0.0322. The van der Waals surface area contributed by atoms with Gasteiger partial charge in [0.2, 0.25) is 0 Å². The first-order valence-corrected chi connectivity index (χ1v) is 7.20. The number of methoxy groups -OCH3 is 1. The highest BCUT2D eigenvalue weighted by Crippen LogP contribution is 2.27. The molecule has 1 aliphatic rings. The van der Waals surface area contributed by atoms with Crippen LogP contribution in [0.1, 0.15) is 25.3 Å². The number of hydrogen-bond acceptors (Lipinski definition) is 4. The van der Waals surface area contributed by atoms with Gasteiger partial charge in [-0.25, -0.2) is 0 Å². The zero-order chi connectivity index (χ0) is 15.3. The second kappa shape index (κ2) is 6.80. The Morgan fingerprint density at radius 2 is 2.24 bits per heavy atom. The van der Waals surface area contributed by atoms with E-state index in [0.717, 1.165) is 25.0 Å². The summed E-state index contributed by atoms with van der Waals surface area (Å²) in [7, 11) is 1.58. The number of carbonyl (C=O) groups is 1. The van der Waals surface area contributed by atoms with Crippen molar-refractivity contribution in [3.8, 4) is 11.5 Å². The topological polar surface area (TPSA) is 56.8 Å². The van der Waals surface area contributed by atoms with Gasteiger partial charge in [0.1, 0.15) is 0 Å². The number of carbonyl (C=O) groups excluding carboxylic acids is 1. The van der Waals surface area contributed by atoms with Crippen molar-refractivity contribution in [1.29, 1.82) is 0 Å². The van der Waals surface area contributed by atoms with E-state index >= 15 is 0 Å². The summed E-state index contributed by atoms with van der Waals surface area (Å²) >= 11 is 0. The molecule has 1 aromatic carbocycles. The van der Waals surface area contributed by atoms with Gasteiger partial charge >= 0.3 is 0 Å². The molecule has 0 spiro atoms. The lowest BCUT2D eigenvalue weighted by Gasteiger charge is -2.23. The van der Waals surface area contributed by atoms with E-state index in [-0.39, 0.29) is 18.1 Å². The summed E-state index contributed by atoms with van der Waals surface area (Å²) in [6.45, 7) is 5.24. The summed E-state index contributed by atoms with van der Waals surface area (Å²) in [4.78, 5) is 11.8. The van der Waals surface area contributed by atoms with Crippen molar-refractivity contribution in [1.82, 2.24) is 5.32 Å². The molecule has 5 nitrogen and oxygen atoms in total. The molecule has 1 saturated heterocycles. The second-order valence-electron chi connectivity index (χ2n) is 5.62. The van der Waals surface area contributed by atoms with Crippen molar-refractivity contribution < 1.29 is 19.0 Å². The maximum atomic E-state index is 11.8. The Kier molecular flexibility index (Phi) is 5.07. The molecule has 1 N–H and O–H groups in total. The molecule has 0 bridgehead atoms. The third kappa shape index (κ3) is 4.36. The molecule has 1 heterocycles. The summed E-state index contributed by atoms with van der Waals surface area (Å²) in [6, 6.07) is 5.60. The molecular weight excluding hydrogens is 270 g/mol. The summed E-state index contributed by atoms with van der Waals surface area (Å²) in [5.41, 5.74) is 0.840. The lowest BCUT2D eigenvalue weighted by molar-refractivity contribution is -0.124. The van der Waals surface area contributed by atoms with Gasteiger partial charge in [0.05, 0.1) is 12.7 Å². The fraction of sp³-hybridized carbons (Fsp3) is 0.562. The van der Waals surface area contributed by atoms with Crippen molar-refractivity contribution >= 4 is 5.91 Å². The van der Waals surface area contributed by atoms with Crippen molar-refractivity contribution in [2.75, 3.05) is 26.9 Å². The molecular formula is C16H23NO4. The number of ether oxygens (including phenoxy) is 3. The van der Waals surface area contributed by atoms with Crippen LogP contribution in [-0.2, 0) is 9.53 Å². The lowest BCUT2D eigenvalue weighted by Crippen LogP contribution is -2.41. The maximum Gasteiger partial charge on any atom is 0.258 e. The van der Waals surface area contributed by atoms with Crippen LogP contribution in [-0.4, -0.2) is 38.4 Å². The van der Waals surface area contributed by atoms with Crippen LogP contribution in [0.5, 0.6) is 11.5 Å². The van der Waals surface area contributed by atoms with Crippen LogP contribution < -0.4 is 14.8 Å². The quantitative estimate of drug-likeness (QED) is 0.872. The number of rotatable bonds is 6. The van der Waals surface area contributed by atoms with E-state index < -0.39 is 0 Å². The Balaban J connectivity index is 1.81. The molecule has 116 valence electrons. The first-order valence-electron chi connectivity index (χ1n) is 7.20. The summed E-state index contributed by atoms with van der Waals surface area (Å²) in [5.74, 6) is 1.05. The highest BCUT2D eigenvalue weighted by atomic mass is 16.5. The number of aryl methyl sites for hydroxylation is 1. The predicted molar refractivity (Wildman–Crippen MR) is 79.8 cm³/mol. The van der Waals surface area contributed by atoms with E-state index in [4.69, 9.17) is 14.2 Å². The van der Waals surface area contributed by atoms with Crippen molar-refractivity contribution in [2.24, 2.45) is 0 Å². The minimum atomic E-state index is -0.239. The molecule has 1 aliphatic heterocycles. The van der Waals surface area contributed by atoms with Crippen LogP contribution >= 0.6 is 0 Å². The van der Waals surface area contributed by atoms with E-state index in [9.17, 15) is 4.79 Å². The predicted octanol–water partition coefficient (Wildman–Crippen LogP) is 2.07. The Hall–Kier alpha value is -1.75. The van der Waals surface area contributed by atoms with E-state index in [2.05, 4.69) is 5.32 Å². The second-order valence-corrected chi connectivity index (χ2v) is 5.62. The SMILES string of the molecule is COc1cc(C)ccc1OCC(=O)NC[C@]1(C)CCCO1. The zero-order valence-corrected chi connectivity index (χ0v) is 12.9. The average molecular weight is 293 g/mol. The molecule has 0 aromatic heterocycles. The third-order valence-corrected chi connectivity index (χ3v) is 3.64. The zero-order valence-electron chi connectivity index (χ0n) is 12.9. The molecule has 1 fully saturated rings. The molecule has 0 saturated carbocycles. The van der Waals surface area contributed by atoms with E-state index in [1.54, 1.807) is 7.11 Å². The fourth-order valence-corrected chi connectivity index (χ4v) is 2.35. The van der Waals surface area contributed by atoms with Crippen LogP contribution in [0.4, 0.5) is 0 Å². The van der Waals surface area contributed by atoms with Crippen molar-refractivity contribution in [2.45, 2.75) is 32.3 Å². The Labute approximate surface area is 125 Å². The molecule has 1 atom stereocenters. The molecule has 1 amide bonds. The first kappa shape index (κ1) is 15.6. The number of amides is 1. The highest BCUT2D eigenvalue weighted by molar-refractivity contribution is 5.77. The minimum Gasteiger partial charge on any atom is -0.493 e. The Bertz CT molecular complexity index is 495. The lowest BCUT2D eigenvalue weighted by atomic mass is 10.0. The Morgan fingerprint density at radius 1 is 1.43 bits per heavy atom. The van der Waals surface area contributed by atoms with Gasteiger partial charge in [-0.3, -0.25) is 4.79 Å². The Morgan fingerprint density at radius 3 is 2.90 bits per heavy atom. The highest BCUT2D eigenvalue weighted by Gasteiger charge is 2.29. The summed E-state index contributed by atoms with van der Waals surface area (Å²) < 4.78 is 16.4. The third-order valence-electron chi connectivity index (χ3n) is 3.64. The fourth-order valence-electron chi connectivity index (χ4n) is 2.35. The number of benzene rings is 1. The van der Waals surface area contributed by atoms with Crippen LogP contribution in [0.15, 0.2) is 18.2 Å². The van der Waals surface area contributed by atoms with Crippen LogP contribution in [0.2, 0.25) is 0 Å². The van der Waals surface area contributed by atoms with Gasteiger partial charge in [-0.15, -0.1) is 0 Å². The molecule has 0 unspecified atom stereocenters. The normalized spacial score (nSPS) is 21.1. The number of nitrogens with one attached hydrogen (secondary N) is 1. The molecule has 0 aliphatic carbocycles. The van der Waals surface area contributed by atoms with E-state index in [1.807, 2.05) is 32.0 Å². The average Bonchev–Trinajstić information content (AvgIpc) is 2.91. The summed E-state index contributed by atoms with van der Waals surface area (Å²) in [5, 5.41) is 2.85. The van der Waals surface area contributed by atoms with Crippen LogP contribution in [0, 0.1) is 6.92 Å². The standard InChI is InChI=1S/C16H23NO4/c1-12-5-6-13(14(9-12)19-3)20-10-15(18)17-11-16(2)7-4-8-21-16/h5-6,9H,4,7-8,10-11H2,1-3H3,(H,17,18)/t16-/m0/s1. The van der Waals surface area contributed by atoms with Gasteiger partial charge in [0, 0.05) is 13.2 Å². The molecule has 1 aromatic rings. The smallest absolute Gasteiger partial charge is 0.258 e. The van der Waals surface area contributed by atoms with Gasteiger partial charge in [-0.1, -0.05) is 6.07 Å². The maximum absolute atomic E-state index is 11.8. The number of hydrogen-bond donors (Lipinski definition) is 1. The monoisotopic (exact) mass is 293 g/mol.